The molecule has 0 aliphatic carbocycles. The second-order valence-corrected chi connectivity index (χ2v) is 7.68. The van der Waals surface area contributed by atoms with Gasteiger partial charge in [-0.2, -0.15) is 0 Å². The highest BCUT2D eigenvalue weighted by atomic mass is 35.5. The Kier molecular flexibility index (Phi) is 6.39. The summed E-state index contributed by atoms with van der Waals surface area (Å²) in [7, 11) is 2.69. The minimum absolute atomic E-state index is 0.0182. The number of pyridine rings is 1. The molecule has 1 atom stereocenters. The van der Waals surface area contributed by atoms with Gasteiger partial charge >= 0.3 is 5.97 Å². The van der Waals surface area contributed by atoms with Crippen LogP contribution in [-0.4, -0.2) is 46.0 Å². The lowest BCUT2D eigenvalue weighted by atomic mass is 10.1. The van der Waals surface area contributed by atoms with Gasteiger partial charge < -0.3 is 18.8 Å². The fourth-order valence-corrected chi connectivity index (χ4v) is 4.54. The summed E-state index contributed by atoms with van der Waals surface area (Å²) in [6.45, 7) is 1.85. The number of nitrogens with zero attached hydrogens (tertiary/aromatic N) is 3. The first-order valence-corrected chi connectivity index (χ1v) is 10.4. The SMILES string of the molecule is COC(=O)c1cc(C)cc2c1nc(S(=O)Cc1nccc(OC)c1OC)n2CCl. The lowest BCUT2D eigenvalue weighted by molar-refractivity contribution is 0.0602. The van der Waals surface area contributed by atoms with Gasteiger partial charge in [-0.3, -0.25) is 9.19 Å². The van der Waals surface area contributed by atoms with Crippen LogP contribution < -0.4 is 9.47 Å². The van der Waals surface area contributed by atoms with Gasteiger partial charge in [0, 0.05) is 12.3 Å². The van der Waals surface area contributed by atoms with Crippen LogP contribution in [0.4, 0.5) is 0 Å². The fraction of sp³-hybridized carbons (Fsp3) is 0.316. The number of aromatic nitrogens is 3. The van der Waals surface area contributed by atoms with Crippen LogP contribution in [0.25, 0.3) is 11.0 Å². The normalized spacial score (nSPS) is 12.0. The number of hydrogen-bond donors (Lipinski definition) is 0. The standard InChI is InChI=1S/C19H20ClN3O5S/c1-11-7-12(18(24)28-4)16-14(8-11)23(10-20)19(22-16)29(25)9-13-17(27-3)15(26-2)5-6-21-13/h5-8H,9-10H2,1-4H3. The van der Waals surface area contributed by atoms with E-state index in [2.05, 4.69) is 9.97 Å². The zero-order valence-corrected chi connectivity index (χ0v) is 18.0. The number of methoxy groups -OCH3 is 3. The van der Waals surface area contributed by atoms with E-state index in [9.17, 15) is 9.00 Å². The molecule has 0 saturated carbocycles. The molecule has 1 unspecified atom stereocenters. The maximum Gasteiger partial charge on any atom is 0.340 e. The van der Waals surface area contributed by atoms with E-state index >= 15 is 0 Å². The molecule has 3 rings (SSSR count). The number of esters is 1. The highest BCUT2D eigenvalue weighted by Gasteiger charge is 2.23. The van der Waals surface area contributed by atoms with E-state index in [1.807, 2.05) is 13.0 Å². The first kappa shape index (κ1) is 21.1. The average molecular weight is 438 g/mol. The second-order valence-electron chi connectivity index (χ2n) is 6.10. The predicted octanol–water partition coefficient (Wildman–Crippen LogP) is 3.05. The minimum atomic E-state index is -1.61. The van der Waals surface area contributed by atoms with Crippen molar-refractivity contribution < 1.29 is 23.2 Å². The van der Waals surface area contributed by atoms with Crippen molar-refractivity contribution >= 4 is 39.4 Å². The third kappa shape index (κ3) is 3.92. The molecule has 0 bridgehead atoms. The molecule has 0 saturated heterocycles. The molecule has 0 amide bonds. The Morgan fingerprint density at radius 2 is 2.00 bits per heavy atom. The van der Waals surface area contributed by atoms with Gasteiger partial charge in [0.05, 0.1) is 60.7 Å². The first-order valence-electron chi connectivity index (χ1n) is 8.54. The van der Waals surface area contributed by atoms with E-state index in [-0.39, 0.29) is 16.9 Å². The summed E-state index contributed by atoms with van der Waals surface area (Å²) in [6.07, 6.45) is 1.55. The average Bonchev–Trinajstić information content (AvgIpc) is 3.10. The van der Waals surface area contributed by atoms with Gasteiger partial charge in [-0.05, 0) is 24.6 Å². The summed E-state index contributed by atoms with van der Waals surface area (Å²) in [5.74, 6) is 0.408. The Morgan fingerprint density at radius 1 is 1.24 bits per heavy atom. The highest BCUT2D eigenvalue weighted by molar-refractivity contribution is 7.84. The molecular weight excluding hydrogens is 418 g/mol. The lowest BCUT2D eigenvalue weighted by Crippen LogP contribution is -2.08. The zero-order chi connectivity index (χ0) is 21.1. The zero-order valence-electron chi connectivity index (χ0n) is 16.4. The van der Waals surface area contributed by atoms with Crippen molar-refractivity contribution in [2.45, 2.75) is 23.8 Å². The van der Waals surface area contributed by atoms with Gasteiger partial charge in [0.1, 0.15) is 5.52 Å². The van der Waals surface area contributed by atoms with Crippen LogP contribution in [-0.2, 0) is 27.3 Å². The molecule has 0 N–H and O–H groups in total. The van der Waals surface area contributed by atoms with Crippen LogP contribution in [0.15, 0.2) is 29.6 Å². The number of carbonyl (C=O) groups excluding carboxylic acids is 1. The van der Waals surface area contributed by atoms with Gasteiger partial charge in [0.2, 0.25) is 5.16 Å². The molecule has 29 heavy (non-hydrogen) atoms. The van der Waals surface area contributed by atoms with E-state index in [0.717, 1.165) is 5.56 Å². The van der Waals surface area contributed by atoms with Gasteiger partial charge in [0.15, 0.2) is 11.5 Å². The van der Waals surface area contributed by atoms with Crippen molar-refractivity contribution in [3.63, 3.8) is 0 Å². The molecule has 154 valence electrons. The molecule has 0 fully saturated rings. The van der Waals surface area contributed by atoms with E-state index in [1.54, 1.807) is 22.9 Å². The number of rotatable bonds is 7. The number of benzene rings is 1. The molecule has 2 heterocycles. The van der Waals surface area contributed by atoms with E-state index in [1.165, 1.54) is 21.3 Å². The quantitative estimate of drug-likeness (QED) is 0.414. The van der Waals surface area contributed by atoms with E-state index < -0.39 is 16.8 Å². The van der Waals surface area contributed by atoms with Crippen LogP contribution in [0.5, 0.6) is 11.5 Å². The number of alkyl halides is 1. The van der Waals surface area contributed by atoms with Crippen LogP contribution in [0.2, 0.25) is 0 Å². The summed E-state index contributed by atoms with van der Waals surface area (Å²) in [6, 6.07) is 5.19. The van der Waals surface area contributed by atoms with Crippen LogP contribution in [0, 0.1) is 6.92 Å². The number of aryl methyl sites for hydroxylation is 1. The number of fused-ring (bicyclic) bond motifs is 1. The number of hydrogen-bond acceptors (Lipinski definition) is 7. The number of halogens is 1. The predicted molar refractivity (Wildman–Crippen MR) is 109 cm³/mol. The molecule has 0 aliphatic heterocycles. The molecular formula is C19H20ClN3O5S. The lowest BCUT2D eigenvalue weighted by Gasteiger charge is -2.11. The third-order valence-corrected chi connectivity index (χ3v) is 5.82. The van der Waals surface area contributed by atoms with E-state index in [0.29, 0.717) is 33.8 Å². The molecule has 2 aromatic heterocycles. The Morgan fingerprint density at radius 3 is 2.62 bits per heavy atom. The monoisotopic (exact) mass is 437 g/mol. The Labute approximate surface area is 175 Å². The summed E-state index contributed by atoms with van der Waals surface area (Å²) in [5.41, 5.74) is 2.58. The summed E-state index contributed by atoms with van der Waals surface area (Å²) in [5, 5.41) is 0.234. The van der Waals surface area contributed by atoms with Crippen molar-refractivity contribution in [3.05, 3.63) is 41.2 Å². The third-order valence-electron chi connectivity index (χ3n) is 4.33. The van der Waals surface area contributed by atoms with Crippen molar-refractivity contribution in [2.24, 2.45) is 0 Å². The maximum atomic E-state index is 13.2. The topological polar surface area (TPSA) is 92.5 Å². The minimum Gasteiger partial charge on any atom is -0.493 e. The molecule has 8 nitrogen and oxygen atoms in total. The Hall–Kier alpha value is -2.65. The highest BCUT2D eigenvalue weighted by Crippen LogP contribution is 2.31. The maximum absolute atomic E-state index is 13.2. The molecule has 10 heteroatoms. The van der Waals surface area contributed by atoms with Gasteiger partial charge in [-0.25, -0.2) is 9.78 Å². The number of carbonyl (C=O) groups is 1. The van der Waals surface area contributed by atoms with Crippen LogP contribution in [0.3, 0.4) is 0 Å². The van der Waals surface area contributed by atoms with Gasteiger partial charge in [-0.1, -0.05) is 0 Å². The molecule has 0 spiro atoms. The largest absolute Gasteiger partial charge is 0.493 e. The Balaban J connectivity index is 2.11. The summed E-state index contributed by atoms with van der Waals surface area (Å²) < 4.78 is 30.3. The summed E-state index contributed by atoms with van der Waals surface area (Å²) in [4.78, 5) is 20.9. The van der Waals surface area contributed by atoms with Crippen molar-refractivity contribution in [1.29, 1.82) is 0 Å². The molecule has 3 aromatic rings. The molecule has 0 radical (unpaired) electrons. The molecule has 1 aromatic carbocycles. The van der Waals surface area contributed by atoms with Crippen molar-refractivity contribution in [3.8, 4) is 11.5 Å². The van der Waals surface area contributed by atoms with Gasteiger partial charge in [-0.15, -0.1) is 11.6 Å². The molecule has 0 aliphatic rings. The fourth-order valence-electron chi connectivity index (χ4n) is 3.04. The van der Waals surface area contributed by atoms with Crippen LogP contribution in [0.1, 0.15) is 21.6 Å². The first-order chi connectivity index (χ1) is 13.9. The van der Waals surface area contributed by atoms with Crippen molar-refractivity contribution in [1.82, 2.24) is 14.5 Å². The van der Waals surface area contributed by atoms with E-state index in [4.69, 9.17) is 25.8 Å². The van der Waals surface area contributed by atoms with Crippen LogP contribution >= 0.6 is 11.6 Å². The van der Waals surface area contributed by atoms with Crippen molar-refractivity contribution in [2.75, 3.05) is 21.3 Å². The Bertz CT molecular complexity index is 1100. The summed E-state index contributed by atoms with van der Waals surface area (Å²) >= 11 is 6.14. The number of imidazole rings is 1. The smallest absolute Gasteiger partial charge is 0.340 e. The number of ether oxygens (including phenoxy) is 3. The second kappa shape index (κ2) is 8.79. The van der Waals surface area contributed by atoms with Gasteiger partial charge in [0.25, 0.3) is 0 Å².